The Hall–Kier alpha value is -0.140. The zero-order chi connectivity index (χ0) is 12.6. The first-order valence-corrected chi connectivity index (χ1v) is 7.98. The molecular formula is C10H14ClNO3S2. The zero-order valence-corrected chi connectivity index (χ0v) is 11.7. The first-order chi connectivity index (χ1) is 7.91. The predicted molar refractivity (Wildman–Crippen MR) is 67.9 cm³/mol. The van der Waals surface area contributed by atoms with Crippen molar-refractivity contribution in [2.24, 2.45) is 5.92 Å². The topological polar surface area (TPSA) is 57.6 Å². The quantitative estimate of drug-likeness (QED) is 0.925. The molecule has 1 aliphatic rings. The van der Waals surface area contributed by atoms with Crippen LogP contribution in [0.5, 0.6) is 0 Å². The zero-order valence-electron chi connectivity index (χ0n) is 9.34. The van der Waals surface area contributed by atoms with Gasteiger partial charge in [-0.3, -0.25) is 0 Å². The van der Waals surface area contributed by atoms with Gasteiger partial charge < -0.3 is 5.11 Å². The third kappa shape index (κ3) is 2.66. The number of rotatable bonds is 3. The highest BCUT2D eigenvalue weighted by Crippen LogP contribution is 2.31. The number of halogens is 1. The van der Waals surface area contributed by atoms with Gasteiger partial charge in [0.1, 0.15) is 4.21 Å². The van der Waals surface area contributed by atoms with Gasteiger partial charge in [0.05, 0.1) is 10.4 Å². The summed E-state index contributed by atoms with van der Waals surface area (Å²) in [6, 6.07) is 3.11. The standard InChI is InChI=1S/C10H14ClNO3S2/c1-7(13)8-4-5-12(6-8)17(14,15)10-3-2-9(11)16-10/h2-3,7-8,13H,4-6H2,1H3. The van der Waals surface area contributed by atoms with Gasteiger partial charge >= 0.3 is 0 Å². The van der Waals surface area contributed by atoms with Crippen molar-refractivity contribution in [1.82, 2.24) is 4.31 Å². The summed E-state index contributed by atoms with van der Waals surface area (Å²) >= 11 is 6.81. The van der Waals surface area contributed by atoms with Gasteiger partial charge in [0, 0.05) is 13.1 Å². The Bertz CT molecular complexity index is 497. The van der Waals surface area contributed by atoms with Gasteiger partial charge in [0.2, 0.25) is 0 Å². The number of hydrogen-bond donors (Lipinski definition) is 1. The lowest BCUT2D eigenvalue weighted by Gasteiger charge is -2.16. The van der Waals surface area contributed by atoms with E-state index in [4.69, 9.17) is 11.6 Å². The molecule has 7 heteroatoms. The molecule has 1 saturated heterocycles. The van der Waals surface area contributed by atoms with Crippen LogP contribution in [0.4, 0.5) is 0 Å². The van der Waals surface area contributed by atoms with Crippen molar-refractivity contribution in [3.63, 3.8) is 0 Å². The molecule has 2 atom stereocenters. The highest BCUT2D eigenvalue weighted by molar-refractivity contribution is 7.91. The summed E-state index contributed by atoms with van der Waals surface area (Å²) in [4.78, 5) is 0. The normalized spacial score (nSPS) is 24.1. The predicted octanol–water partition coefficient (Wildman–Crippen LogP) is 1.79. The van der Waals surface area contributed by atoms with Crippen LogP contribution in [-0.2, 0) is 10.0 Å². The Kier molecular flexibility index (Phi) is 3.80. The molecule has 1 aromatic heterocycles. The van der Waals surface area contributed by atoms with Crippen molar-refractivity contribution in [2.75, 3.05) is 13.1 Å². The van der Waals surface area contributed by atoms with E-state index in [1.165, 1.54) is 10.4 Å². The summed E-state index contributed by atoms with van der Waals surface area (Å²) in [5, 5.41) is 9.47. The molecule has 2 rings (SSSR count). The number of sulfonamides is 1. The Morgan fingerprint density at radius 3 is 2.76 bits per heavy atom. The third-order valence-corrected chi connectivity index (χ3v) is 6.58. The van der Waals surface area contributed by atoms with Crippen molar-refractivity contribution < 1.29 is 13.5 Å². The van der Waals surface area contributed by atoms with Crippen LogP contribution in [0.25, 0.3) is 0 Å². The highest BCUT2D eigenvalue weighted by Gasteiger charge is 2.35. The van der Waals surface area contributed by atoms with Gasteiger partial charge in [-0.05, 0) is 31.4 Å². The van der Waals surface area contributed by atoms with Gasteiger partial charge in [0.15, 0.2) is 0 Å². The first kappa shape index (κ1) is 13.3. The molecule has 0 saturated carbocycles. The van der Waals surface area contributed by atoms with E-state index in [0.717, 1.165) is 11.3 Å². The Labute approximate surface area is 110 Å². The van der Waals surface area contributed by atoms with Crippen molar-refractivity contribution >= 4 is 33.0 Å². The molecule has 0 radical (unpaired) electrons. The molecule has 1 N–H and O–H groups in total. The number of thiophene rings is 1. The fourth-order valence-corrected chi connectivity index (χ4v) is 5.08. The molecule has 2 heterocycles. The third-order valence-electron chi connectivity index (χ3n) is 3.01. The van der Waals surface area contributed by atoms with E-state index >= 15 is 0 Å². The Balaban J connectivity index is 2.18. The molecule has 4 nitrogen and oxygen atoms in total. The summed E-state index contributed by atoms with van der Waals surface area (Å²) < 4.78 is 26.6. The second kappa shape index (κ2) is 4.85. The maximum Gasteiger partial charge on any atom is 0.252 e. The van der Waals surface area contributed by atoms with Crippen molar-refractivity contribution in [1.29, 1.82) is 0 Å². The highest BCUT2D eigenvalue weighted by atomic mass is 35.5. The second-order valence-corrected chi connectivity index (χ2v) is 8.09. The summed E-state index contributed by atoms with van der Waals surface area (Å²) in [5.74, 6) is 0.0280. The number of aliphatic hydroxyl groups excluding tert-OH is 1. The summed E-state index contributed by atoms with van der Waals surface area (Å²) in [6.07, 6.45) is 0.234. The molecule has 2 unspecified atom stereocenters. The van der Waals surface area contributed by atoms with Gasteiger partial charge in [-0.15, -0.1) is 11.3 Å². The molecule has 1 aliphatic heterocycles. The Morgan fingerprint density at radius 1 is 1.59 bits per heavy atom. The minimum atomic E-state index is -3.43. The van der Waals surface area contributed by atoms with Crippen LogP contribution in [0.1, 0.15) is 13.3 Å². The fraction of sp³-hybridized carbons (Fsp3) is 0.600. The van der Waals surface area contributed by atoms with Crippen molar-refractivity contribution in [3.8, 4) is 0 Å². The summed E-state index contributed by atoms with van der Waals surface area (Å²) in [5.41, 5.74) is 0. The van der Waals surface area contributed by atoms with E-state index < -0.39 is 16.1 Å². The first-order valence-electron chi connectivity index (χ1n) is 5.35. The molecule has 0 spiro atoms. The molecular weight excluding hydrogens is 282 g/mol. The van der Waals surface area contributed by atoms with Crippen molar-refractivity contribution in [3.05, 3.63) is 16.5 Å². The van der Waals surface area contributed by atoms with E-state index in [0.29, 0.717) is 23.8 Å². The largest absolute Gasteiger partial charge is 0.393 e. The molecule has 0 aromatic carbocycles. The monoisotopic (exact) mass is 295 g/mol. The molecule has 1 aromatic rings. The minimum Gasteiger partial charge on any atom is -0.393 e. The Morgan fingerprint density at radius 2 is 2.29 bits per heavy atom. The van der Waals surface area contributed by atoms with Gasteiger partial charge in [0.25, 0.3) is 10.0 Å². The van der Waals surface area contributed by atoms with Gasteiger partial charge in [-0.2, -0.15) is 4.31 Å². The second-order valence-electron chi connectivity index (χ2n) is 4.21. The number of aliphatic hydroxyl groups is 1. The molecule has 0 aliphatic carbocycles. The lowest BCUT2D eigenvalue weighted by Crippen LogP contribution is -2.30. The minimum absolute atomic E-state index is 0.0280. The molecule has 17 heavy (non-hydrogen) atoms. The maximum atomic E-state index is 12.2. The van der Waals surface area contributed by atoms with Crippen LogP contribution in [0.3, 0.4) is 0 Å². The average molecular weight is 296 g/mol. The van der Waals surface area contributed by atoms with Gasteiger partial charge in [-0.25, -0.2) is 8.42 Å². The SMILES string of the molecule is CC(O)C1CCN(S(=O)(=O)c2ccc(Cl)s2)C1. The summed E-state index contributed by atoms with van der Waals surface area (Å²) in [7, 11) is -3.43. The maximum absolute atomic E-state index is 12.2. The van der Waals surface area contributed by atoms with Crippen LogP contribution in [0.15, 0.2) is 16.3 Å². The lowest BCUT2D eigenvalue weighted by molar-refractivity contribution is 0.133. The average Bonchev–Trinajstić information content (AvgIpc) is 2.85. The van der Waals surface area contributed by atoms with E-state index in [1.807, 2.05) is 0 Å². The van der Waals surface area contributed by atoms with E-state index in [9.17, 15) is 13.5 Å². The van der Waals surface area contributed by atoms with Crippen LogP contribution >= 0.6 is 22.9 Å². The van der Waals surface area contributed by atoms with Crippen LogP contribution in [0.2, 0.25) is 4.34 Å². The van der Waals surface area contributed by atoms with Crippen LogP contribution < -0.4 is 0 Å². The van der Waals surface area contributed by atoms with E-state index in [2.05, 4.69) is 0 Å². The molecule has 0 amide bonds. The lowest BCUT2D eigenvalue weighted by atomic mass is 10.0. The van der Waals surface area contributed by atoms with E-state index in [-0.39, 0.29) is 10.1 Å². The molecule has 0 bridgehead atoms. The smallest absolute Gasteiger partial charge is 0.252 e. The number of nitrogens with zero attached hydrogens (tertiary/aromatic N) is 1. The van der Waals surface area contributed by atoms with Crippen LogP contribution in [0, 0.1) is 5.92 Å². The molecule has 96 valence electrons. The van der Waals surface area contributed by atoms with Crippen molar-refractivity contribution in [2.45, 2.75) is 23.7 Å². The molecule has 1 fully saturated rings. The van der Waals surface area contributed by atoms with Crippen LogP contribution in [-0.4, -0.2) is 37.0 Å². The summed E-state index contributed by atoms with van der Waals surface area (Å²) in [6.45, 7) is 2.55. The van der Waals surface area contributed by atoms with E-state index in [1.54, 1.807) is 13.0 Å². The fourth-order valence-electron chi connectivity index (χ4n) is 1.93. The number of hydrogen-bond acceptors (Lipinski definition) is 4. The van der Waals surface area contributed by atoms with Gasteiger partial charge in [-0.1, -0.05) is 11.6 Å².